The summed E-state index contributed by atoms with van der Waals surface area (Å²) in [5.74, 6) is 0. The molecule has 5 heteroatoms. The lowest BCUT2D eigenvalue weighted by Crippen LogP contribution is -2.60. The molecule has 0 saturated carbocycles. The van der Waals surface area contributed by atoms with Crippen LogP contribution in [0.2, 0.25) is 0 Å². The molecule has 2 heterocycles. The highest BCUT2D eigenvalue weighted by molar-refractivity contribution is 5.70. The van der Waals surface area contributed by atoms with Gasteiger partial charge in [0.2, 0.25) is 0 Å². The molecule has 0 bridgehead atoms. The lowest BCUT2D eigenvalue weighted by Gasteiger charge is -2.46. The number of likely N-dealkylation sites (tertiary alicyclic amines) is 1. The molecular formula is C13H21N3O2. The first-order chi connectivity index (χ1) is 8.28. The number of carbonyl (C=O) groups excluding carboxylic acids is 1. The number of hydrogen-bond acceptors (Lipinski definition) is 3. The highest BCUT2D eigenvalue weighted by Gasteiger charge is 2.42. The number of amides is 1. The first-order valence-electron chi connectivity index (χ1n) is 6.15. The Labute approximate surface area is 108 Å². The van der Waals surface area contributed by atoms with E-state index in [1.807, 2.05) is 50.8 Å². The fourth-order valence-corrected chi connectivity index (χ4v) is 2.17. The second-order valence-corrected chi connectivity index (χ2v) is 5.85. The quantitative estimate of drug-likeness (QED) is 0.825. The minimum absolute atomic E-state index is 0.0140. The zero-order valence-corrected chi connectivity index (χ0v) is 11.4. The van der Waals surface area contributed by atoms with Gasteiger partial charge in [-0.1, -0.05) is 0 Å². The van der Waals surface area contributed by atoms with Gasteiger partial charge in [0.05, 0.1) is 6.04 Å². The highest BCUT2D eigenvalue weighted by Crippen LogP contribution is 2.33. The van der Waals surface area contributed by atoms with Crippen molar-refractivity contribution >= 4 is 6.09 Å². The Morgan fingerprint density at radius 3 is 2.61 bits per heavy atom. The number of carbonyl (C=O) groups is 1. The molecule has 1 aromatic heterocycles. The van der Waals surface area contributed by atoms with Crippen LogP contribution in [0, 0.1) is 0 Å². The zero-order chi connectivity index (χ0) is 13.5. The van der Waals surface area contributed by atoms with Crippen molar-refractivity contribution in [2.45, 2.75) is 38.5 Å². The smallest absolute Gasteiger partial charge is 0.410 e. The van der Waals surface area contributed by atoms with Gasteiger partial charge in [0.15, 0.2) is 0 Å². The zero-order valence-electron chi connectivity index (χ0n) is 11.4. The Balaban J connectivity index is 2.09. The Morgan fingerprint density at radius 2 is 2.17 bits per heavy atom. The average molecular weight is 251 g/mol. The van der Waals surface area contributed by atoms with E-state index in [1.165, 1.54) is 0 Å². The summed E-state index contributed by atoms with van der Waals surface area (Å²) >= 11 is 0. The molecule has 0 aromatic carbocycles. The van der Waals surface area contributed by atoms with Gasteiger partial charge in [-0.2, -0.15) is 0 Å². The molecule has 0 spiro atoms. The van der Waals surface area contributed by atoms with Crippen molar-refractivity contribution in [2.75, 3.05) is 6.54 Å². The second-order valence-electron chi connectivity index (χ2n) is 5.85. The lowest BCUT2D eigenvalue weighted by molar-refractivity contribution is -0.0134. The molecule has 1 fully saturated rings. The van der Waals surface area contributed by atoms with Gasteiger partial charge in [-0.15, -0.1) is 0 Å². The van der Waals surface area contributed by atoms with Crippen molar-refractivity contribution in [3.05, 3.63) is 24.0 Å². The standard InChI is InChI=1S/C13H21N3O2/c1-13(2,3)18-12(17)16-8-10(14)11(16)9-5-6-15(4)7-9/h5-7,10-11H,8,14H2,1-4H3. The molecule has 1 aromatic rings. The Hall–Kier alpha value is -1.49. The lowest BCUT2D eigenvalue weighted by atomic mass is 9.92. The van der Waals surface area contributed by atoms with Gasteiger partial charge in [-0.3, -0.25) is 4.90 Å². The molecule has 100 valence electrons. The van der Waals surface area contributed by atoms with Gasteiger partial charge in [-0.25, -0.2) is 4.79 Å². The van der Waals surface area contributed by atoms with Gasteiger partial charge in [0.1, 0.15) is 5.60 Å². The molecule has 2 atom stereocenters. The van der Waals surface area contributed by atoms with Crippen LogP contribution in [-0.4, -0.2) is 33.7 Å². The normalized spacial score (nSPS) is 23.7. The monoisotopic (exact) mass is 251 g/mol. The summed E-state index contributed by atoms with van der Waals surface area (Å²) in [5, 5.41) is 0. The van der Waals surface area contributed by atoms with Crippen LogP contribution in [0.5, 0.6) is 0 Å². The highest BCUT2D eigenvalue weighted by atomic mass is 16.6. The average Bonchev–Trinajstić information content (AvgIpc) is 2.57. The number of nitrogens with two attached hydrogens (primary N) is 1. The molecular weight excluding hydrogens is 230 g/mol. The van der Waals surface area contributed by atoms with E-state index in [1.54, 1.807) is 4.90 Å². The summed E-state index contributed by atoms with van der Waals surface area (Å²) < 4.78 is 7.33. The topological polar surface area (TPSA) is 60.5 Å². The third kappa shape index (κ3) is 2.51. The fraction of sp³-hybridized carbons (Fsp3) is 0.615. The number of aromatic nitrogens is 1. The van der Waals surface area contributed by atoms with Crippen molar-refractivity contribution in [1.29, 1.82) is 0 Å². The van der Waals surface area contributed by atoms with Crippen molar-refractivity contribution in [2.24, 2.45) is 12.8 Å². The molecule has 1 aliphatic rings. The predicted molar refractivity (Wildman–Crippen MR) is 69.1 cm³/mol. The largest absolute Gasteiger partial charge is 0.444 e. The van der Waals surface area contributed by atoms with Gasteiger partial charge < -0.3 is 15.0 Å². The first kappa shape index (κ1) is 13.0. The summed E-state index contributed by atoms with van der Waals surface area (Å²) in [6, 6.07) is 1.90. The summed E-state index contributed by atoms with van der Waals surface area (Å²) in [6.07, 6.45) is 3.65. The van der Waals surface area contributed by atoms with Crippen molar-refractivity contribution in [1.82, 2.24) is 9.47 Å². The maximum Gasteiger partial charge on any atom is 0.410 e. The van der Waals surface area contributed by atoms with E-state index in [9.17, 15) is 4.79 Å². The summed E-state index contributed by atoms with van der Waals surface area (Å²) in [7, 11) is 1.95. The van der Waals surface area contributed by atoms with Gasteiger partial charge in [0.25, 0.3) is 0 Å². The maximum atomic E-state index is 12.0. The van der Waals surface area contributed by atoms with Crippen LogP contribution in [0.1, 0.15) is 32.4 Å². The molecule has 2 rings (SSSR count). The molecule has 0 aliphatic carbocycles. The van der Waals surface area contributed by atoms with Crippen LogP contribution in [0.3, 0.4) is 0 Å². The number of ether oxygens (including phenoxy) is 1. The summed E-state index contributed by atoms with van der Waals surface area (Å²) in [4.78, 5) is 13.7. The summed E-state index contributed by atoms with van der Waals surface area (Å²) in [6.45, 7) is 6.14. The Kier molecular flexibility index (Phi) is 3.11. The van der Waals surface area contributed by atoms with E-state index in [-0.39, 0.29) is 18.2 Å². The van der Waals surface area contributed by atoms with E-state index in [0.29, 0.717) is 6.54 Å². The van der Waals surface area contributed by atoms with Gasteiger partial charge in [-0.05, 0) is 32.4 Å². The molecule has 1 aliphatic heterocycles. The third-order valence-corrected chi connectivity index (χ3v) is 2.97. The number of aryl methyl sites for hydroxylation is 1. The first-order valence-corrected chi connectivity index (χ1v) is 6.15. The molecule has 2 unspecified atom stereocenters. The Morgan fingerprint density at radius 1 is 1.50 bits per heavy atom. The maximum absolute atomic E-state index is 12.0. The van der Waals surface area contributed by atoms with Crippen LogP contribution in [0.4, 0.5) is 4.79 Å². The predicted octanol–water partition coefficient (Wildman–Crippen LogP) is 1.64. The molecule has 1 saturated heterocycles. The molecule has 1 amide bonds. The van der Waals surface area contributed by atoms with E-state index < -0.39 is 5.60 Å². The Bertz CT molecular complexity index is 447. The molecule has 5 nitrogen and oxygen atoms in total. The molecule has 0 radical (unpaired) electrons. The van der Waals surface area contributed by atoms with Crippen molar-refractivity contribution in [3.63, 3.8) is 0 Å². The van der Waals surface area contributed by atoms with Crippen LogP contribution < -0.4 is 5.73 Å². The minimum atomic E-state index is -0.474. The number of hydrogen-bond donors (Lipinski definition) is 1. The van der Waals surface area contributed by atoms with E-state index in [0.717, 1.165) is 5.56 Å². The molecule has 2 N–H and O–H groups in total. The fourth-order valence-electron chi connectivity index (χ4n) is 2.17. The molecule has 18 heavy (non-hydrogen) atoms. The minimum Gasteiger partial charge on any atom is -0.444 e. The van der Waals surface area contributed by atoms with Crippen LogP contribution >= 0.6 is 0 Å². The van der Waals surface area contributed by atoms with Crippen LogP contribution in [0.25, 0.3) is 0 Å². The van der Waals surface area contributed by atoms with E-state index in [2.05, 4.69) is 0 Å². The van der Waals surface area contributed by atoms with Gasteiger partial charge >= 0.3 is 6.09 Å². The van der Waals surface area contributed by atoms with Crippen molar-refractivity contribution < 1.29 is 9.53 Å². The number of rotatable bonds is 1. The number of nitrogens with zero attached hydrogens (tertiary/aromatic N) is 2. The van der Waals surface area contributed by atoms with E-state index in [4.69, 9.17) is 10.5 Å². The summed E-state index contributed by atoms with van der Waals surface area (Å²) in [5.41, 5.74) is 6.58. The van der Waals surface area contributed by atoms with Crippen LogP contribution in [0.15, 0.2) is 18.5 Å². The second kappa shape index (κ2) is 4.31. The van der Waals surface area contributed by atoms with Gasteiger partial charge in [0, 0.05) is 32.0 Å². The van der Waals surface area contributed by atoms with E-state index >= 15 is 0 Å². The van der Waals surface area contributed by atoms with Crippen LogP contribution in [-0.2, 0) is 11.8 Å². The SMILES string of the molecule is Cn1ccc(C2C(N)CN2C(=O)OC(C)(C)C)c1. The third-order valence-electron chi connectivity index (χ3n) is 2.97. The van der Waals surface area contributed by atoms with Crippen molar-refractivity contribution in [3.8, 4) is 0 Å².